The summed E-state index contributed by atoms with van der Waals surface area (Å²) >= 11 is 0. The maximum atomic E-state index is 13.3. The number of carboxylic acid groups (broad SMARTS) is 3. The number of rotatable bonds is 45. The van der Waals surface area contributed by atoms with Crippen molar-refractivity contribution in [1.29, 1.82) is 0 Å². The van der Waals surface area contributed by atoms with E-state index in [2.05, 4.69) is 21.3 Å². The molecule has 0 fully saturated rings. The van der Waals surface area contributed by atoms with E-state index >= 15 is 0 Å². The first-order valence-corrected chi connectivity index (χ1v) is 23.7. The second kappa shape index (κ2) is 41.5. The number of carbonyl (C=O) groups excluding carboxylic acids is 4. The quantitative estimate of drug-likeness (QED) is 0.0315. The Morgan fingerprint density at radius 2 is 0.828 bits per heavy atom. The van der Waals surface area contributed by atoms with Gasteiger partial charge in [-0.2, -0.15) is 0 Å². The van der Waals surface area contributed by atoms with E-state index in [1.165, 1.54) is 0 Å². The maximum Gasteiger partial charge on any atom is 0.407 e. The minimum Gasteiger partial charge on any atom is -0.481 e. The van der Waals surface area contributed by atoms with E-state index < -0.39 is 48.4 Å². The fraction of sp³-hybridized carbons (Fsp3) is 0.844. The minimum absolute atomic E-state index is 0.00750. The van der Waals surface area contributed by atoms with E-state index in [4.69, 9.17) is 39.4 Å². The first-order chi connectivity index (χ1) is 30.8. The van der Waals surface area contributed by atoms with Gasteiger partial charge in [0.05, 0.1) is 19.8 Å². The van der Waals surface area contributed by atoms with Crippen LogP contribution in [-0.4, -0.2) is 133 Å². The van der Waals surface area contributed by atoms with Gasteiger partial charge in [-0.25, -0.2) is 9.59 Å². The highest BCUT2D eigenvalue weighted by Gasteiger charge is 2.44. The molecule has 0 heterocycles. The summed E-state index contributed by atoms with van der Waals surface area (Å²) < 4.78 is 23.6. The molecule has 0 rings (SSSR count). The molecular weight excluding hydrogens is 837 g/mol. The molecule has 0 aliphatic rings. The van der Waals surface area contributed by atoms with Crippen molar-refractivity contribution in [2.75, 3.05) is 59.2 Å². The Hall–Kier alpha value is -4.23. The van der Waals surface area contributed by atoms with Gasteiger partial charge in [-0.3, -0.25) is 24.0 Å². The lowest BCUT2D eigenvalue weighted by Crippen LogP contribution is -2.56. The van der Waals surface area contributed by atoms with Gasteiger partial charge in [0.2, 0.25) is 11.8 Å². The van der Waals surface area contributed by atoms with Crippen LogP contribution >= 0.6 is 0 Å². The number of hydrogen-bond acceptors (Lipinski definition) is 12. The molecule has 0 aliphatic heterocycles. The second-order valence-electron chi connectivity index (χ2n) is 16.2. The Morgan fingerprint density at radius 3 is 1.27 bits per heavy atom. The zero-order valence-corrected chi connectivity index (χ0v) is 38.6. The third kappa shape index (κ3) is 38.2. The molecule has 4 amide bonds. The number of carboxylic acids is 3. The Morgan fingerprint density at radius 1 is 0.453 bits per heavy atom. The van der Waals surface area contributed by atoms with Crippen molar-refractivity contribution in [3.63, 3.8) is 0 Å². The highest BCUT2D eigenvalue weighted by molar-refractivity contribution is 5.76. The van der Waals surface area contributed by atoms with Crippen LogP contribution < -0.4 is 21.3 Å². The lowest BCUT2D eigenvalue weighted by Gasteiger charge is -2.37. The summed E-state index contributed by atoms with van der Waals surface area (Å²) in [5.74, 6) is -2.97. The normalized spacial score (nSPS) is 12.4. The molecule has 19 heteroatoms. The maximum absolute atomic E-state index is 13.3. The van der Waals surface area contributed by atoms with E-state index in [9.17, 15) is 33.6 Å². The van der Waals surface area contributed by atoms with E-state index in [-0.39, 0.29) is 76.9 Å². The van der Waals surface area contributed by atoms with Crippen molar-refractivity contribution < 1.29 is 72.9 Å². The van der Waals surface area contributed by atoms with E-state index in [0.29, 0.717) is 51.7 Å². The van der Waals surface area contributed by atoms with Gasteiger partial charge in [-0.1, -0.05) is 83.5 Å². The lowest BCUT2D eigenvalue weighted by molar-refractivity contribution is -0.160. The first-order valence-electron chi connectivity index (χ1n) is 23.7. The fourth-order valence-corrected chi connectivity index (χ4v) is 6.52. The van der Waals surface area contributed by atoms with Crippen molar-refractivity contribution in [2.45, 2.75) is 186 Å². The van der Waals surface area contributed by atoms with Crippen molar-refractivity contribution in [3.05, 3.63) is 0 Å². The molecule has 2 atom stereocenters. The van der Waals surface area contributed by atoms with Crippen LogP contribution in [0.2, 0.25) is 0 Å². The average Bonchev–Trinajstić information content (AvgIpc) is 3.24. The summed E-state index contributed by atoms with van der Waals surface area (Å²) in [6.07, 6.45) is 14.3. The van der Waals surface area contributed by atoms with Crippen LogP contribution in [0.3, 0.4) is 0 Å². The summed E-state index contributed by atoms with van der Waals surface area (Å²) in [6, 6.07) is 0. The Labute approximate surface area is 380 Å². The number of aliphatic hydroxyl groups is 1. The zero-order valence-electron chi connectivity index (χ0n) is 38.6. The smallest absolute Gasteiger partial charge is 0.407 e. The number of hydrogen-bond donors (Lipinski definition) is 8. The van der Waals surface area contributed by atoms with Crippen LogP contribution in [0.4, 0.5) is 9.59 Å². The molecule has 8 N–H and O–H groups in total. The summed E-state index contributed by atoms with van der Waals surface area (Å²) in [6.45, 7) is 2.37. The molecule has 0 saturated heterocycles. The highest BCUT2D eigenvalue weighted by atomic mass is 16.6. The molecule has 0 aromatic carbocycles. The summed E-state index contributed by atoms with van der Waals surface area (Å²) in [5.41, 5.74) is -1.71. The molecule has 0 saturated carbocycles. The third-order valence-electron chi connectivity index (χ3n) is 10.5. The molecule has 0 aliphatic carbocycles. The SMILES string of the molecule is CC(OCCC(=O)NCCCCCCCC(=O)O)C(COCCC(=O)NCCCCCCCC(=O)O)(COC(=O)NCCCCCCCCO)OC(=O)NCCCCCCCC(=O)O. The highest BCUT2D eigenvalue weighted by Crippen LogP contribution is 2.23. The summed E-state index contributed by atoms with van der Waals surface area (Å²) in [7, 11) is 0. The van der Waals surface area contributed by atoms with Gasteiger partial charge in [0.1, 0.15) is 12.7 Å². The van der Waals surface area contributed by atoms with Crippen molar-refractivity contribution >= 4 is 41.9 Å². The molecule has 2 unspecified atom stereocenters. The predicted octanol–water partition coefficient (Wildman–Crippen LogP) is 6.22. The van der Waals surface area contributed by atoms with Gasteiger partial charge in [-0.05, 0) is 58.3 Å². The summed E-state index contributed by atoms with van der Waals surface area (Å²) in [4.78, 5) is 83.7. The number of nitrogens with one attached hydrogen (secondary N) is 4. The molecule has 0 aromatic rings. The van der Waals surface area contributed by atoms with E-state index in [1.807, 2.05) is 0 Å². The number of alkyl carbamates (subject to hydrolysis) is 2. The Kier molecular flexibility index (Phi) is 38.7. The molecule has 19 nitrogen and oxygen atoms in total. The van der Waals surface area contributed by atoms with Crippen molar-refractivity contribution in [1.82, 2.24) is 21.3 Å². The van der Waals surface area contributed by atoms with E-state index in [0.717, 1.165) is 103 Å². The van der Waals surface area contributed by atoms with Crippen molar-refractivity contribution in [3.8, 4) is 0 Å². The Balaban J connectivity index is 5.58. The molecule has 0 bridgehead atoms. The fourth-order valence-electron chi connectivity index (χ4n) is 6.52. The number of ether oxygens (including phenoxy) is 4. The van der Waals surface area contributed by atoms with Gasteiger partial charge in [0.15, 0.2) is 5.60 Å². The van der Waals surface area contributed by atoms with Gasteiger partial charge in [0.25, 0.3) is 0 Å². The minimum atomic E-state index is -1.71. The second-order valence-corrected chi connectivity index (χ2v) is 16.2. The number of carbonyl (C=O) groups is 7. The van der Waals surface area contributed by atoms with Crippen LogP contribution in [0, 0.1) is 0 Å². The molecular formula is C45H82N4O15. The van der Waals surface area contributed by atoms with Crippen LogP contribution in [0.25, 0.3) is 0 Å². The largest absolute Gasteiger partial charge is 0.481 e. The van der Waals surface area contributed by atoms with Crippen LogP contribution in [0.5, 0.6) is 0 Å². The lowest BCUT2D eigenvalue weighted by atomic mass is 9.99. The monoisotopic (exact) mass is 919 g/mol. The van der Waals surface area contributed by atoms with Crippen molar-refractivity contribution in [2.24, 2.45) is 0 Å². The topological polar surface area (TPSA) is 285 Å². The molecule has 372 valence electrons. The van der Waals surface area contributed by atoms with E-state index in [1.54, 1.807) is 6.92 Å². The van der Waals surface area contributed by atoms with Gasteiger partial charge in [0, 0.05) is 64.9 Å². The van der Waals surface area contributed by atoms with Crippen LogP contribution in [-0.2, 0) is 42.9 Å². The predicted molar refractivity (Wildman–Crippen MR) is 239 cm³/mol. The number of aliphatic hydroxyl groups excluding tert-OH is 1. The standard InChI is InChI=1S/C45H82N4O15/c1-37(62-34-27-39(52)47-29-19-12-5-8-16-24-41(55)56)45(36-63-43(59)48-30-20-10-2-3-14-22-32-50,64-44(60)49-31-21-13-6-9-17-25-42(57)58)35-61-33-26-38(51)46-28-18-11-4-7-15-23-40(53)54/h37,50H,2-36H2,1H3,(H,46,51)(H,47,52)(H,48,59)(H,49,60)(H,53,54)(H,55,56)(H,57,58). The number of amides is 4. The molecule has 0 spiro atoms. The number of aliphatic carboxylic acids is 3. The van der Waals surface area contributed by atoms with Gasteiger partial charge >= 0.3 is 30.1 Å². The molecule has 0 aromatic heterocycles. The molecule has 64 heavy (non-hydrogen) atoms. The Bertz CT molecular complexity index is 1270. The zero-order chi connectivity index (χ0) is 47.5. The summed E-state index contributed by atoms with van der Waals surface area (Å²) in [5, 5.41) is 46.5. The van der Waals surface area contributed by atoms with Gasteiger partial charge in [-0.15, -0.1) is 0 Å². The number of unbranched alkanes of at least 4 members (excludes halogenated alkanes) is 17. The van der Waals surface area contributed by atoms with Crippen LogP contribution in [0.15, 0.2) is 0 Å². The average molecular weight is 919 g/mol. The first kappa shape index (κ1) is 59.8. The van der Waals surface area contributed by atoms with Gasteiger partial charge < -0.3 is 60.6 Å². The molecule has 0 radical (unpaired) electrons. The van der Waals surface area contributed by atoms with Crippen LogP contribution in [0.1, 0.15) is 174 Å². The third-order valence-corrected chi connectivity index (χ3v) is 10.5.